The van der Waals surface area contributed by atoms with Crippen molar-refractivity contribution in [3.05, 3.63) is 28.5 Å². The summed E-state index contributed by atoms with van der Waals surface area (Å²) in [4.78, 5) is 29.4. The van der Waals surface area contributed by atoms with Crippen LogP contribution in [0.5, 0.6) is 0 Å². The molecule has 2 heterocycles. The molecule has 1 N–H and O–H groups in total. The van der Waals surface area contributed by atoms with Gasteiger partial charge in [-0.15, -0.1) is 0 Å². The molecule has 0 radical (unpaired) electrons. The van der Waals surface area contributed by atoms with Gasteiger partial charge in [0.25, 0.3) is 5.91 Å². The Bertz CT molecular complexity index is 455. The average molecular weight is 326 g/mol. The van der Waals surface area contributed by atoms with E-state index in [2.05, 4.69) is 26.2 Å². The molecular formula is C13H16BrN3O2. The minimum Gasteiger partial charge on any atom is -0.351 e. The number of amides is 2. The fourth-order valence-electron chi connectivity index (χ4n) is 2.02. The summed E-state index contributed by atoms with van der Waals surface area (Å²) in [5.74, 6) is -0.0825. The van der Waals surface area contributed by atoms with Crippen LogP contribution in [0.4, 0.5) is 0 Å². The lowest BCUT2D eigenvalue weighted by atomic mass is 10.2. The predicted octanol–water partition coefficient (Wildman–Crippen LogP) is 1.59. The molecule has 1 aromatic heterocycles. The van der Waals surface area contributed by atoms with E-state index >= 15 is 0 Å². The number of carbonyl (C=O) groups excluding carboxylic acids is 2. The Morgan fingerprint density at radius 1 is 1.32 bits per heavy atom. The molecule has 2 amide bonds. The summed E-state index contributed by atoms with van der Waals surface area (Å²) in [7, 11) is 0. The van der Waals surface area contributed by atoms with Crippen LogP contribution < -0.4 is 5.32 Å². The Morgan fingerprint density at radius 2 is 2.05 bits per heavy atom. The van der Waals surface area contributed by atoms with Crippen LogP contribution in [0, 0.1) is 0 Å². The Hall–Kier alpha value is -1.43. The van der Waals surface area contributed by atoms with E-state index in [9.17, 15) is 9.59 Å². The number of carbonyl (C=O) groups is 2. The first kappa shape index (κ1) is 14.0. The van der Waals surface area contributed by atoms with E-state index in [0.29, 0.717) is 23.1 Å². The molecule has 6 heteroatoms. The van der Waals surface area contributed by atoms with E-state index in [0.717, 1.165) is 25.9 Å². The largest absolute Gasteiger partial charge is 0.351 e. The van der Waals surface area contributed by atoms with Crippen molar-refractivity contribution in [3.63, 3.8) is 0 Å². The number of rotatable bonds is 4. The number of nitrogens with zero attached hydrogens (tertiary/aromatic N) is 2. The topological polar surface area (TPSA) is 62.3 Å². The minimum atomic E-state index is -0.200. The predicted molar refractivity (Wildman–Crippen MR) is 74.7 cm³/mol. The summed E-state index contributed by atoms with van der Waals surface area (Å²) in [6, 6.07) is 3.40. The molecule has 0 bridgehead atoms. The summed E-state index contributed by atoms with van der Waals surface area (Å²) in [6.07, 6.45) is 4.03. The van der Waals surface area contributed by atoms with E-state index in [4.69, 9.17) is 0 Å². The van der Waals surface area contributed by atoms with Gasteiger partial charge in [-0.05, 0) is 40.9 Å². The van der Waals surface area contributed by atoms with E-state index in [1.165, 1.54) is 6.20 Å². The number of aromatic nitrogens is 1. The van der Waals surface area contributed by atoms with Gasteiger partial charge in [-0.2, -0.15) is 0 Å². The van der Waals surface area contributed by atoms with E-state index in [1.54, 1.807) is 12.1 Å². The highest BCUT2D eigenvalue weighted by molar-refractivity contribution is 9.10. The van der Waals surface area contributed by atoms with Gasteiger partial charge < -0.3 is 10.2 Å². The first-order chi connectivity index (χ1) is 9.16. The third-order valence-electron chi connectivity index (χ3n) is 3.07. The van der Waals surface area contributed by atoms with Gasteiger partial charge >= 0.3 is 0 Å². The first-order valence-electron chi connectivity index (χ1n) is 6.34. The van der Waals surface area contributed by atoms with Crippen LogP contribution in [0.25, 0.3) is 0 Å². The van der Waals surface area contributed by atoms with E-state index in [-0.39, 0.29) is 11.8 Å². The van der Waals surface area contributed by atoms with Crippen LogP contribution in [-0.4, -0.2) is 41.3 Å². The molecule has 1 saturated heterocycles. The lowest BCUT2D eigenvalue weighted by Crippen LogP contribution is -2.32. The minimum absolute atomic E-state index is 0.117. The van der Waals surface area contributed by atoms with Crippen LogP contribution in [0.15, 0.2) is 22.9 Å². The molecule has 2 rings (SSSR count). The second kappa shape index (κ2) is 6.65. The SMILES string of the molecule is O=C(NCCC(=O)N1CCCC1)c1ccc(Br)nc1. The second-order valence-corrected chi connectivity index (χ2v) is 5.28. The quantitative estimate of drug-likeness (QED) is 0.855. The van der Waals surface area contributed by atoms with Crippen LogP contribution >= 0.6 is 15.9 Å². The molecule has 0 aliphatic carbocycles. The standard InChI is InChI=1S/C13H16BrN3O2/c14-11-4-3-10(9-16-11)13(19)15-6-5-12(18)17-7-1-2-8-17/h3-4,9H,1-2,5-8H2,(H,15,19). The number of hydrogen-bond donors (Lipinski definition) is 1. The number of halogens is 1. The number of pyridine rings is 1. The van der Waals surface area contributed by atoms with Gasteiger partial charge in [0.1, 0.15) is 4.60 Å². The molecular weight excluding hydrogens is 310 g/mol. The van der Waals surface area contributed by atoms with Crippen molar-refractivity contribution >= 4 is 27.7 Å². The first-order valence-corrected chi connectivity index (χ1v) is 7.13. The van der Waals surface area contributed by atoms with Crippen LogP contribution in [0.1, 0.15) is 29.6 Å². The van der Waals surface area contributed by atoms with Crippen molar-refractivity contribution in [2.24, 2.45) is 0 Å². The maximum absolute atomic E-state index is 11.8. The van der Waals surface area contributed by atoms with Crippen LogP contribution in [0.2, 0.25) is 0 Å². The molecule has 0 atom stereocenters. The van der Waals surface area contributed by atoms with Gasteiger partial charge in [0.05, 0.1) is 5.56 Å². The summed E-state index contributed by atoms with van der Waals surface area (Å²) >= 11 is 3.21. The normalized spacial score (nSPS) is 14.5. The Kier molecular flexibility index (Phi) is 4.90. The number of hydrogen-bond acceptors (Lipinski definition) is 3. The molecule has 0 unspecified atom stereocenters. The highest BCUT2D eigenvalue weighted by Gasteiger charge is 2.17. The summed E-state index contributed by atoms with van der Waals surface area (Å²) in [5, 5.41) is 2.73. The third-order valence-corrected chi connectivity index (χ3v) is 3.54. The van der Waals surface area contributed by atoms with Crippen molar-refractivity contribution in [1.29, 1.82) is 0 Å². The highest BCUT2D eigenvalue weighted by Crippen LogP contribution is 2.09. The second-order valence-electron chi connectivity index (χ2n) is 4.46. The van der Waals surface area contributed by atoms with Crippen LogP contribution in [0.3, 0.4) is 0 Å². The monoisotopic (exact) mass is 325 g/mol. The zero-order chi connectivity index (χ0) is 13.7. The van der Waals surface area contributed by atoms with Gasteiger partial charge in [0, 0.05) is 32.3 Å². The fraction of sp³-hybridized carbons (Fsp3) is 0.462. The number of nitrogens with one attached hydrogen (secondary N) is 1. The summed E-state index contributed by atoms with van der Waals surface area (Å²) in [6.45, 7) is 2.07. The lowest BCUT2D eigenvalue weighted by Gasteiger charge is -2.15. The molecule has 1 aromatic rings. The van der Waals surface area contributed by atoms with E-state index in [1.807, 2.05) is 4.90 Å². The van der Waals surface area contributed by atoms with Crippen LogP contribution in [-0.2, 0) is 4.79 Å². The number of likely N-dealkylation sites (tertiary alicyclic amines) is 1. The Morgan fingerprint density at radius 3 is 2.68 bits per heavy atom. The average Bonchev–Trinajstić information content (AvgIpc) is 2.93. The third kappa shape index (κ3) is 4.02. The van der Waals surface area contributed by atoms with Crippen molar-refractivity contribution in [2.75, 3.05) is 19.6 Å². The van der Waals surface area contributed by atoms with Gasteiger partial charge in [-0.1, -0.05) is 0 Å². The van der Waals surface area contributed by atoms with Gasteiger partial charge in [-0.3, -0.25) is 9.59 Å². The molecule has 1 aliphatic heterocycles. The Balaban J connectivity index is 1.74. The molecule has 0 spiro atoms. The van der Waals surface area contributed by atoms with E-state index < -0.39 is 0 Å². The molecule has 0 saturated carbocycles. The zero-order valence-electron chi connectivity index (χ0n) is 10.6. The molecule has 5 nitrogen and oxygen atoms in total. The zero-order valence-corrected chi connectivity index (χ0v) is 12.1. The Labute approximate surface area is 120 Å². The summed E-state index contributed by atoms with van der Waals surface area (Å²) < 4.78 is 0.688. The highest BCUT2D eigenvalue weighted by atomic mass is 79.9. The smallest absolute Gasteiger partial charge is 0.252 e. The fourth-order valence-corrected chi connectivity index (χ4v) is 2.25. The lowest BCUT2D eigenvalue weighted by molar-refractivity contribution is -0.129. The molecule has 19 heavy (non-hydrogen) atoms. The van der Waals surface area contributed by atoms with Crippen molar-refractivity contribution < 1.29 is 9.59 Å². The maximum Gasteiger partial charge on any atom is 0.252 e. The summed E-state index contributed by atoms with van der Waals surface area (Å²) in [5.41, 5.74) is 0.497. The van der Waals surface area contributed by atoms with Crippen molar-refractivity contribution in [2.45, 2.75) is 19.3 Å². The van der Waals surface area contributed by atoms with Crippen molar-refractivity contribution in [1.82, 2.24) is 15.2 Å². The van der Waals surface area contributed by atoms with Crippen molar-refractivity contribution in [3.8, 4) is 0 Å². The molecule has 102 valence electrons. The van der Waals surface area contributed by atoms with Gasteiger partial charge in [0.15, 0.2) is 0 Å². The molecule has 1 fully saturated rings. The van der Waals surface area contributed by atoms with Gasteiger partial charge in [0.2, 0.25) is 5.91 Å². The molecule has 0 aromatic carbocycles. The maximum atomic E-state index is 11.8. The molecule has 1 aliphatic rings. The van der Waals surface area contributed by atoms with Gasteiger partial charge in [-0.25, -0.2) is 4.98 Å².